The molecule has 0 saturated heterocycles. The molecule has 0 unspecified atom stereocenters. The van der Waals surface area contributed by atoms with Crippen molar-refractivity contribution in [2.24, 2.45) is 0 Å². The van der Waals surface area contributed by atoms with E-state index in [9.17, 15) is 4.79 Å². The minimum Gasteiger partial charge on any atom is -0.463 e. The molecule has 84 valence electrons. The number of aromatic nitrogens is 3. The van der Waals surface area contributed by atoms with Crippen LogP contribution < -0.4 is 10.1 Å². The molecule has 0 atom stereocenters. The summed E-state index contributed by atoms with van der Waals surface area (Å²) in [4.78, 5) is 17.0. The highest BCUT2D eigenvalue weighted by Gasteiger charge is 2.07. The number of carbonyl (C=O) groups is 1. The summed E-state index contributed by atoms with van der Waals surface area (Å²) in [5.41, 5.74) is 0. The van der Waals surface area contributed by atoms with Gasteiger partial charge >= 0.3 is 6.01 Å². The number of anilines is 1. The third kappa shape index (κ3) is 3.94. The average molecular weight is 213 g/mol. The van der Waals surface area contributed by atoms with Crippen molar-refractivity contribution in [3.63, 3.8) is 0 Å². The van der Waals surface area contributed by atoms with E-state index in [0.717, 1.165) is 0 Å². The standard InChI is InChI=1S/C8H15N5O2/c1-4-15-8-10-7(11-12-8)9-6(14)5-13(2)3/h4-5H2,1-3H3,(H2,9,10,11,12,14). The lowest BCUT2D eigenvalue weighted by Crippen LogP contribution is -2.27. The van der Waals surface area contributed by atoms with Crippen LogP contribution in [0.25, 0.3) is 0 Å². The van der Waals surface area contributed by atoms with Crippen LogP contribution in [0.15, 0.2) is 0 Å². The second-order valence-corrected chi connectivity index (χ2v) is 3.19. The first-order valence-corrected chi connectivity index (χ1v) is 4.61. The summed E-state index contributed by atoms with van der Waals surface area (Å²) in [6.45, 7) is 2.62. The second-order valence-electron chi connectivity index (χ2n) is 3.19. The van der Waals surface area contributed by atoms with Gasteiger partial charge in [-0.05, 0) is 21.0 Å². The lowest BCUT2D eigenvalue weighted by molar-refractivity contribution is -0.116. The van der Waals surface area contributed by atoms with Gasteiger partial charge in [0.15, 0.2) is 0 Å². The van der Waals surface area contributed by atoms with Crippen LogP contribution in [0.2, 0.25) is 0 Å². The normalized spacial score (nSPS) is 10.4. The molecule has 7 nitrogen and oxygen atoms in total. The summed E-state index contributed by atoms with van der Waals surface area (Å²) in [6, 6.07) is 0.234. The Balaban J connectivity index is 2.46. The van der Waals surface area contributed by atoms with Crippen LogP contribution >= 0.6 is 0 Å². The molecular weight excluding hydrogens is 198 g/mol. The van der Waals surface area contributed by atoms with Crippen LogP contribution in [0.4, 0.5) is 5.95 Å². The molecule has 0 aliphatic rings. The summed E-state index contributed by atoms with van der Waals surface area (Å²) >= 11 is 0. The number of aromatic amines is 1. The molecule has 1 rings (SSSR count). The number of hydrogen-bond acceptors (Lipinski definition) is 5. The van der Waals surface area contributed by atoms with Gasteiger partial charge in [-0.1, -0.05) is 0 Å². The van der Waals surface area contributed by atoms with Crippen molar-refractivity contribution >= 4 is 11.9 Å². The highest BCUT2D eigenvalue weighted by atomic mass is 16.5. The van der Waals surface area contributed by atoms with Gasteiger partial charge in [-0.25, -0.2) is 5.10 Å². The van der Waals surface area contributed by atoms with Gasteiger partial charge in [-0.3, -0.25) is 10.1 Å². The Labute approximate surface area is 87.8 Å². The lowest BCUT2D eigenvalue weighted by Gasteiger charge is -2.07. The molecule has 0 bridgehead atoms. The van der Waals surface area contributed by atoms with Crippen LogP contribution in [0.5, 0.6) is 6.01 Å². The maximum Gasteiger partial charge on any atom is 0.337 e. The average Bonchev–Trinajstić information content (AvgIpc) is 2.51. The van der Waals surface area contributed by atoms with Gasteiger partial charge in [-0.15, -0.1) is 5.10 Å². The number of carbonyl (C=O) groups excluding carboxylic acids is 1. The third-order valence-electron chi connectivity index (χ3n) is 1.46. The minimum atomic E-state index is -0.154. The molecule has 0 radical (unpaired) electrons. The van der Waals surface area contributed by atoms with Gasteiger partial charge in [0.2, 0.25) is 11.9 Å². The van der Waals surface area contributed by atoms with E-state index in [1.165, 1.54) is 0 Å². The van der Waals surface area contributed by atoms with Crippen LogP contribution in [0.1, 0.15) is 6.92 Å². The SMILES string of the molecule is CCOc1n[nH]c(NC(=O)CN(C)C)n1. The molecule has 0 aliphatic carbocycles. The lowest BCUT2D eigenvalue weighted by atomic mass is 10.5. The quantitative estimate of drug-likeness (QED) is 0.701. The van der Waals surface area contributed by atoms with Gasteiger partial charge in [-0.2, -0.15) is 4.98 Å². The maximum absolute atomic E-state index is 11.3. The Hall–Kier alpha value is -1.63. The van der Waals surface area contributed by atoms with Crippen molar-refractivity contribution in [3.8, 4) is 6.01 Å². The molecule has 2 N–H and O–H groups in total. The largest absolute Gasteiger partial charge is 0.463 e. The molecule has 0 spiro atoms. The Bertz CT molecular complexity index is 323. The minimum absolute atomic E-state index is 0.154. The Kier molecular flexibility index (Phi) is 4.04. The first-order valence-electron chi connectivity index (χ1n) is 4.61. The fourth-order valence-corrected chi connectivity index (χ4v) is 0.955. The number of likely N-dealkylation sites (N-methyl/N-ethyl adjacent to an activating group) is 1. The number of rotatable bonds is 5. The topological polar surface area (TPSA) is 83.1 Å². The van der Waals surface area contributed by atoms with Crippen molar-refractivity contribution in [1.29, 1.82) is 0 Å². The molecule has 15 heavy (non-hydrogen) atoms. The molecule has 1 aromatic heterocycles. The molecule has 0 saturated carbocycles. The molecule has 7 heteroatoms. The monoisotopic (exact) mass is 213 g/mol. The van der Waals surface area contributed by atoms with Crippen LogP contribution in [0.3, 0.4) is 0 Å². The van der Waals surface area contributed by atoms with E-state index >= 15 is 0 Å². The highest BCUT2D eigenvalue weighted by Crippen LogP contribution is 2.04. The fraction of sp³-hybridized carbons (Fsp3) is 0.625. The number of nitrogens with zero attached hydrogens (tertiary/aromatic N) is 3. The Morgan fingerprint density at radius 1 is 1.60 bits per heavy atom. The van der Waals surface area contributed by atoms with Gasteiger partial charge < -0.3 is 9.64 Å². The summed E-state index contributed by atoms with van der Waals surface area (Å²) in [5, 5.41) is 8.87. The van der Waals surface area contributed by atoms with Crippen molar-refractivity contribution in [1.82, 2.24) is 20.1 Å². The van der Waals surface area contributed by atoms with Gasteiger partial charge in [0.25, 0.3) is 0 Å². The molecule has 0 aliphatic heterocycles. The van der Waals surface area contributed by atoms with E-state index in [1.807, 2.05) is 21.0 Å². The predicted octanol–water partition coefficient (Wildman–Crippen LogP) is -0.296. The molecule has 1 amide bonds. The zero-order valence-electron chi connectivity index (χ0n) is 9.07. The van der Waals surface area contributed by atoms with Gasteiger partial charge in [0, 0.05) is 0 Å². The summed E-state index contributed by atoms with van der Waals surface area (Å²) in [6.07, 6.45) is 0. The first kappa shape index (κ1) is 11.4. The van der Waals surface area contributed by atoms with Gasteiger partial charge in [0.05, 0.1) is 13.2 Å². The molecule has 1 aromatic rings. The van der Waals surface area contributed by atoms with E-state index in [1.54, 1.807) is 4.90 Å². The Morgan fingerprint density at radius 2 is 2.33 bits per heavy atom. The van der Waals surface area contributed by atoms with E-state index in [2.05, 4.69) is 20.5 Å². The number of amides is 1. The molecular formula is C8H15N5O2. The van der Waals surface area contributed by atoms with E-state index in [0.29, 0.717) is 19.1 Å². The summed E-state index contributed by atoms with van der Waals surface area (Å²) in [7, 11) is 3.62. The van der Waals surface area contributed by atoms with E-state index in [-0.39, 0.29) is 11.9 Å². The van der Waals surface area contributed by atoms with Gasteiger partial charge in [0.1, 0.15) is 0 Å². The number of nitrogens with one attached hydrogen (secondary N) is 2. The summed E-state index contributed by atoms with van der Waals surface area (Å²) < 4.78 is 5.03. The number of ether oxygens (including phenoxy) is 1. The molecule has 0 aromatic carbocycles. The third-order valence-corrected chi connectivity index (χ3v) is 1.46. The zero-order valence-corrected chi connectivity index (χ0v) is 9.07. The molecule has 1 heterocycles. The second kappa shape index (κ2) is 5.30. The number of hydrogen-bond donors (Lipinski definition) is 2. The number of H-pyrrole nitrogens is 1. The van der Waals surface area contributed by atoms with E-state index in [4.69, 9.17) is 4.74 Å². The van der Waals surface area contributed by atoms with Crippen LogP contribution in [-0.2, 0) is 4.79 Å². The summed E-state index contributed by atoms with van der Waals surface area (Å²) in [5.74, 6) is 0.143. The fourth-order valence-electron chi connectivity index (χ4n) is 0.955. The van der Waals surface area contributed by atoms with Crippen molar-refractivity contribution in [2.45, 2.75) is 6.92 Å². The highest BCUT2D eigenvalue weighted by molar-refractivity contribution is 5.90. The predicted molar refractivity (Wildman–Crippen MR) is 54.7 cm³/mol. The first-order chi connectivity index (χ1) is 7.11. The van der Waals surface area contributed by atoms with Crippen LogP contribution in [0, 0.1) is 0 Å². The maximum atomic E-state index is 11.3. The van der Waals surface area contributed by atoms with Crippen molar-refractivity contribution in [2.75, 3.05) is 32.6 Å². The van der Waals surface area contributed by atoms with Crippen molar-refractivity contribution < 1.29 is 9.53 Å². The van der Waals surface area contributed by atoms with Crippen molar-refractivity contribution in [3.05, 3.63) is 0 Å². The van der Waals surface area contributed by atoms with Crippen LogP contribution in [-0.4, -0.2) is 53.2 Å². The van der Waals surface area contributed by atoms with E-state index < -0.39 is 0 Å². The molecule has 0 fully saturated rings. The smallest absolute Gasteiger partial charge is 0.337 e. The zero-order chi connectivity index (χ0) is 11.3. The Morgan fingerprint density at radius 3 is 2.93 bits per heavy atom.